The van der Waals surface area contributed by atoms with Gasteiger partial charge in [-0.3, -0.25) is 9.59 Å². The third-order valence-corrected chi connectivity index (χ3v) is 6.75. The lowest BCUT2D eigenvalue weighted by Gasteiger charge is -2.19. The van der Waals surface area contributed by atoms with Crippen molar-refractivity contribution in [3.63, 3.8) is 0 Å². The smallest absolute Gasteiger partial charge is 0.256 e. The third-order valence-electron chi connectivity index (χ3n) is 4.70. The molecule has 0 aliphatic carbocycles. The highest BCUT2D eigenvalue weighted by atomic mass is 32.2. The maximum absolute atomic E-state index is 12.9. The quantitative estimate of drug-likeness (QED) is 0.587. The largest absolute Gasteiger partial charge is 0.382 e. The summed E-state index contributed by atoms with van der Waals surface area (Å²) in [5.41, 5.74) is 0.0483. The molecule has 0 saturated carbocycles. The van der Waals surface area contributed by atoms with Crippen molar-refractivity contribution in [3.8, 4) is 0 Å². The number of aromatic nitrogens is 1. The number of benzene rings is 1. The van der Waals surface area contributed by atoms with Crippen molar-refractivity contribution in [3.05, 3.63) is 40.2 Å². The van der Waals surface area contributed by atoms with E-state index in [-0.39, 0.29) is 15.8 Å². The maximum atomic E-state index is 12.9. The Labute approximate surface area is 171 Å². The summed E-state index contributed by atoms with van der Waals surface area (Å²) in [6.07, 6.45) is 2.11. The van der Waals surface area contributed by atoms with Crippen molar-refractivity contribution >= 4 is 26.8 Å². The lowest BCUT2D eigenvalue weighted by Crippen LogP contribution is -2.32. The Hall–Kier alpha value is -2.23. The van der Waals surface area contributed by atoms with Crippen LogP contribution >= 0.6 is 0 Å². The molecule has 0 saturated heterocycles. The van der Waals surface area contributed by atoms with Gasteiger partial charge in [0, 0.05) is 51.5 Å². The zero-order valence-corrected chi connectivity index (χ0v) is 18.2. The average Bonchev–Trinajstić information content (AvgIpc) is 2.70. The number of amides is 1. The van der Waals surface area contributed by atoms with Gasteiger partial charge in [0.25, 0.3) is 5.91 Å². The van der Waals surface area contributed by atoms with Gasteiger partial charge in [-0.15, -0.1) is 0 Å². The molecule has 0 radical (unpaired) electrons. The molecule has 0 atom stereocenters. The standard InChI is InChI=1S/C20H29N3O5S/c1-5-23(6-2)29(26,27)15-9-10-18-16(13-15)19(24)17(14-22(18)4)20(25)21-11-8-12-28-7-3/h9-10,13-14H,5-8,11-12H2,1-4H3,(H,21,25). The Bertz CT molecular complexity index is 1030. The molecule has 0 fully saturated rings. The van der Waals surface area contributed by atoms with E-state index in [1.54, 1.807) is 31.5 Å². The van der Waals surface area contributed by atoms with Gasteiger partial charge in [0.05, 0.1) is 10.4 Å². The number of carbonyl (C=O) groups is 1. The molecule has 0 aliphatic heterocycles. The summed E-state index contributed by atoms with van der Waals surface area (Å²) in [5.74, 6) is -0.485. The van der Waals surface area contributed by atoms with E-state index in [2.05, 4.69) is 5.32 Å². The van der Waals surface area contributed by atoms with E-state index in [0.717, 1.165) is 0 Å². The van der Waals surface area contributed by atoms with Gasteiger partial charge in [-0.05, 0) is 31.5 Å². The Balaban J connectivity index is 2.42. The van der Waals surface area contributed by atoms with Crippen LogP contribution in [0.3, 0.4) is 0 Å². The highest BCUT2D eigenvalue weighted by Crippen LogP contribution is 2.20. The number of fused-ring (bicyclic) bond motifs is 1. The summed E-state index contributed by atoms with van der Waals surface area (Å²) in [6, 6.07) is 4.44. The van der Waals surface area contributed by atoms with Crippen molar-refractivity contribution in [2.45, 2.75) is 32.1 Å². The molecule has 0 unspecified atom stereocenters. The molecule has 1 heterocycles. The number of rotatable bonds is 10. The second-order valence-corrected chi connectivity index (χ2v) is 8.50. The molecular formula is C20H29N3O5S. The topological polar surface area (TPSA) is 97.7 Å². The van der Waals surface area contributed by atoms with E-state index in [9.17, 15) is 18.0 Å². The molecule has 0 bridgehead atoms. The van der Waals surface area contributed by atoms with Gasteiger partial charge < -0.3 is 14.6 Å². The van der Waals surface area contributed by atoms with E-state index < -0.39 is 21.4 Å². The number of ether oxygens (including phenoxy) is 1. The third kappa shape index (κ3) is 5.04. The summed E-state index contributed by atoms with van der Waals surface area (Å²) in [4.78, 5) is 25.5. The van der Waals surface area contributed by atoms with Crippen molar-refractivity contribution in [1.29, 1.82) is 0 Å². The molecule has 8 nitrogen and oxygen atoms in total. The number of pyridine rings is 1. The fourth-order valence-corrected chi connectivity index (χ4v) is 4.61. The summed E-state index contributed by atoms with van der Waals surface area (Å²) in [7, 11) is -1.99. The number of carbonyl (C=O) groups excluding carboxylic acids is 1. The summed E-state index contributed by atoms with van der Waals surface area (Å²) in [6.45, 7) is 7.60. The van der Waals surface area contributed by atoms with E-state index in [1.165, 1.54) is 22.6 Å². The monoisotopic (exact) mass is 423 g/mol. The number of sulfonamides is 1. The minimum Gasteiger partial charge on any atom is -0.382 e. The SMILES string of the molecule is CCOCCCNC(=O)c1cn(C)c2ccc(S(=O)(=O)N(CC)CC)cc2c1=O. The number of hydrogen-bond acceptors (Lipinski definition) is 5. The highest BCUT2D eigenvalue weighted by Gasteiger charge is 2.23. The highest BCUT2D eigenvalue weighted by molar-refractivity contribution is 7.89. The zero-order valence-electron chi connectivity index (χ0n) is 17.4. The Morgan fingerprint density at radius 1 is 1.21 bits per heavy atom. The van der Waals surface area contributed by atoms with Crippen LogP contribution in [0.5, 0.6) is 0 Å². The second-order valence-electron chi connectivity index (χ2n) is 6.56. The van der Waals surface area contributed by atoms with E-state index in [4.69, 9.17) is 4.74 Å². The van der Waals surface area contributed by atoms with Crippen molar-refractivity contribution in [1.82, 2.24) is 14.2 Å². The number of nitrogens with zero attached hydrogens (tertiary/aromatic N) is 2. The van der Waals surface area contributed by atoms with E-state index in [1.807, 2.05) is 6.92 Å². The fraction of sp³-hybridized carbons (Fsp3) is 0.500. The number of hydrogen-bond donors (Lipinski definition) is 1. The molecule has 1 aromatic heterocycles. The molecule has 1 N–H and O–H groups in total. The first-order chi connectivity index (χ1) is 13.8. The molecular weight excluding hydrogens is 394 g/mol. The van der Waals surface area contributed by atoms with Crippen LogP contribution in [0.25, 0.3) is 10.9 Å². The van der Waals surface area contributed by atoms with E-state index in [0.29, 0.717) is 44.8 Å². The van der Waals surface area contributed by atoms with Crippen molar-refractivity contribution < 1.29 is 17.9 Å². The predicted molar refractivity (Wildman–Crippen MR) is 113 cm³/mol. The average molecular weight is 424 g/mol. The molecule has 0 aliphatic rings. The predicted octanol–water partition coefficient (Wildman–Crippen LogP) is 1.73. The minimum atomic E-state index is -3.71. The first-order valence-electron chi connectivity index (χ1n) is 9.77. The number of aryl methyl sites for hydroxylation is 1. The van der Waals surface area contributed by atoms with Crippen LogP contribution in [-0.2, 0) is 21.8 Å². The molecule has 1 amide bonds. The fourth-order valence-electron chi connectivity index (χ4n) is 3.12. The van der Waals surface area contributed by atoms with Crippen LogP contribution in [0.15, 0.2) is 34.1 Å². The molecule has 2 aromatic rings. The second kappa shape index (κ2) is 10.00. The summed E-state index contributed by atoms with van der Waals surface area (Å²) in [5, 5.41) is 2.91. The first-order valence-corrected chi connectivity index (χ1v) is 11.2. The zero-order chi connectivity index (χ0) is 21.6. The van der Waals surface area contributed by atoms with Crippen LogP contribution in [0.4, 0.5) is 0 Å². The van der Waals surface area contributed by atoms with Crippen LogP contribution < -0.4 is 10.7 Å². The lowest BCUT2D eigenvalue weighted by atomic mass is 10.1. The summed E-state index contributed by atoms with van der Waals surface area (Å²) >= 11 is 0. The molecule has 9 heteroatoms. The van der Waals surface area contributed by atoms with Crippen LogP contribution in [0, 0.1) is 0 Å². The lowest BCUT2D eigenvalue weighted by molar-refractivity contribution is 0.0942. The normalized spacial score (nSPS) is 11.9. The van der Waals surface area contributed by atoms with Gasteiger partial charge in [-0.1, -0.05) is 13.8 Å². The molecule has 29 heavy (non-hydrogen) atoms. The van der Waals surface area contributed by atoms with Crippen LogP contribution in [-0.4, -0.2) is 56.0 Å². The minimum absolute atomic E-state index is 0.0196. The Morgan fingerprint density at radius 3 is 2.52 bits per heavy atom. The van der Waals surface area contributed by atoms with Gasteiger partial charge in [-0.2, -0.15) is 4.31 Å². The Morgan fingerprint density at radius 2 is 1.90 bits per heavy atom. The number of nitrogens with one attached hydrogen (secondary N) is 1. The van der Waals surface area contributed by atoms with Gasteiger partial charge in [0.2, 0.25) is 15.5 Å². The van der Waals surface area contributed by atoms with Gasteiger partial charge in [0.15, 0.2) is 0 Å². The molecule has 1 aromatic carbocycles. The van der Waals surface area contributed by atoms with Gasteiger partial charge >= 0.3 is 0 Å². The van der Waals surface area contributed by atoms with Gasteiger partial charge in [0.1, 0.15) is 5.56 Å². The maximum Gasteiger partial charge on any atom is 0.256 e. The Kier molecular flexibility index (Phi) is 7.95. The van der Waals surface area contributed by atoms with Crippen molar-refractivity contribution in [2.24, 2.45) is 7.05 Å². The van der Waals surface area contributed by atoms with Crippen LogP contribution in [0.2, 0.25) is 0 Å². The molecule has 160 valence electrons. The van der Waals surface area contributed by atoms with Crippen molar-refractivity contribution in [2.75, 3.05) is 32.8 Å². The van der Waals surface area contributed by atoms with E-state index >= 15 is 0 Å². The molecule has 2 rings (SSSR count). The first kappa shape index (κ1) is 23.1. The molecule has 0 spiro atoms. The summed E-state index contributed by atoms with van der Waals surface area (Å²) < 4.78 is 33.8. The van der Waals surface area contributed by atoms with Gasteiger partial charge in [-0.25, -0.2) is 8.42 Å². The van der Waals surface area contributed by atoms with Crippen LogP contribution in [0.1, 0.15) is 37.6 Å².